The number of methoxy groups -OCH3 is 1. The second-order valence-electron chi connectivity index (χ2n) is 4.99. The summed E-state index contributed by atoms with van der Waals surface area (Å²) in [6.45, 7) is 5.82. The van der Waals surface area contributed by atoms with Gasteiger partial charge in [-0.1, -0.05) is 26.0 Å². The van der Waals surface area contributed by atoms with Crippen LogP contribution in [-0.2, 0) is 11.3 Å². The van der Waals surface area contributed by atoms with Crippen molar-refractivity contribution < 1.29 is 14.6 Å². The van der Waals surface area contributed by atoms with Crippen molar-refractivity contribution in [2.24, 2.45) is 11.8 Å². The summed E-state index contributed by atoms with van der Waals surface area (Å²) in [7, 11) is 1.66. The summed E-state index contributed by atoms with van der Waals surface area (Å²) in [4.78, 5) is 0. The molecule has 2 atom stereocenters. The number of aliphatic hydroxyl groups is 1. The first kappa shape index (κ1) is 15.0. The Morgan fingerprint density at radius 3 is 2.33 bits per heavy atom. The second-order valence-corrected chi connectivity index (χ2v) is 4.99. The van der Waals surface area contributed by atoms with Gasteiger partial charge in [0, 0.05) is 13.2 Å². The highest BCUT2D eigenvalue weighted by molar-refractivity contribution is 5.26. The van der Waals surface area contributed by atoms with Crippen LogP contribution < -0.4 is 4.74 Å². The highest BCUT2D eigenvalue weighted by Gasteiger charge is 2.08. The Hall–Kier alpha value is -1.06. The van der Waals surface area contributed by atoms with E-state index < -0.39 is 0 Å². The molecule has 102 valence electrons. The summed E-state index contributed by atoms with van der Waals surface area (Å²) in [5.41, 5.74) is 1.15. The first-order valence-corrected chi connectivity index (χ1v) is 6.47. The summed E-state index contributed by atoms with van der Waals surface area (Å²) < 4.78 is 10.8. The molecular weight excluding hydrogens is 228 g/mol. The minimum Gasteiger partial charge on any atom is -0.497 e. The fraction of sp³-hybridized carbons (Fsp3) is 0.600. The molecule has 0 saturated heterocycles. The van der Waals surface area contributed by atoms with Crippen LogP contribution in [-0.4, -0.2) is 25.4 Å². The van der Waals surface area contributed by atoms with E-state index in [2.05, 4.69) is 13.8 Å². The van der Waals surface area contributed by atoms with Gasteiger partial charge in [0.25, 0.3) is 0 Å². The normalized spacial score (nSPS) is 14.2. The maximum atomic E-state index is 8.98. The molecule has 1 rings (SSSR count). The van der Waals surface area contributed by atoms with Crippen molar-refractivity contribution in [2.45, 2.75) is 26.9 Å². The van der Waals surface area contributed by atoms with Crippen molar-refractivity contribution in [3.05, 3.63) is 29.8 Å². The summed E-state index contributed by atoms with van der Waals surface area (Å²) in [6, 6.07) is 7.91. The molecule has 0 aliphatic rings. The van der Waals surface area contributed by atoms with Crippen molar-refractivity contribution in [3.8, 4) is 5.75 Å². The lowest BCUT2D eigenvalue weighted by Gasteiger charge is -2.15. The molecule has 0 radical (unpaired) electrons. The zero-order chi connectivity index (χ0) is 13.4. The minimum absolute atomic E-state index is 0.253. The van der Waals surface area contributed by atoms with Crippen molar-refractivity contribution in [1.82, 2.24) is 0 Å². The van der Waals surface area contributed by atoms with Crippen LogP contribution in [0.4, 0.5) is 0 Å². The number of aliphatic hydroxyl groups excluding tert-OH is 1. The van der Waals surface area contributed by atoms with Gasteiger partial charge in [0.1, 0.15) is 5.75 Å². The molecule has 0 aliphatic carbocycles. The number of ether oxygens (including phenoxy) is 2. The van der Waals surface area contributed by atoms with Crippen molar-refractivity contribution in [1.29, 1.82) is 0 Å². The maximum Gasteiger partial charge on any atom is 0.118 e. The topological polar surface area (TPSA) is 38.7 Å². The van der Waals surface area contributed by atoms with Crippen LogP contribution in [0.2, 0.25) is 0 Å². The Labute approximate surface area is 110 Å². The van der Waals surface area contributed by atoms with E-state index in [9.17, 15) is 0 Å². The van der Waals surface area contributed by atoms with Gasteiger partial charge in [-0.2, -0.15) is 0 Å². The average Bonchev–Trinajstić information content (AvgIpc) is 2.39. The third-order valence-electron chi connectivity index (χ3n) is 2.95. The van der Waals surface area contributed by atoms with E-state index in [1.54, 1.807) is 7.11 Å². The van der Waals surface area contributed by atoms with Crippen molar-refractivity contribution in [2.75, 3.05) is 20.3 Å². The van der Waals surface area contributed by atoms with E-state index in [1.807, 2.05) is 24.3 Å². The van der Waals surface area contributed by atoms with Crippen LogP contribution in [0.15, 0.2) is 24.3 Å². The van der Waals surface area contributed by atoms with Gasteiger partial charge in [0.15, 0.2) is 0 Å². The number of hydrogen-bond donors (Lipinski definition) is 1. The molecule has 0 aliphatic heterocycles. The summed E-state index contributed by atoms with van der Waals surface area (Å²) in [5, 5.41) is 8.98. The predicted octanol–water partition coefficient (Wildman–Crippen LogP) is 2.87. The summed E-state index contributed by atoms with van der Waals surface area (Å²) in [6.07, 6.45) is 0.999. The second kappa shape index (κ2) is 8.11. The van der Waals surface area contributed by atoms with Gasteiger partial charge in [-0.05, 0) is 36.0 Å². The molecular formula is C15H24O3. The van der Waals surface area contributed by atoms with Crippen LogP contribution in [0.3, 0.4) is 0 Å². The van der Waals surface area contributed by atoms with Gasteiger partial charge in [-0.15, -0.1) is 0 Å². The first-order valence-electron chi connectivity index (χ1n) is 6.47. The number of hydrogen-bond acceptors (Lipinski definition) is 3. The molecule has 0 aromatic heterocycles. The Bertz CT molecular complexity index is 321. The van der Waals surface area contributed by atoms with Gasteiger partial charge in [-0.25, -0.2) is 0 Å². The quantitative estimate of drug-likeness (QED) is 0.773. The maximum absolute atomic E-state index is 8.98. The van der Waals surface area contributed by atoms with Gasteiger partial charge in [0.05, 0.1) is 13.7 Å². The SMILES string of the molecule is COc1ccc(COC[C@H](C)C[C@H](C)CO)cc1. The fourth-order valence-electron chi connectivity index (χ4n) is 1.93. The van der Waals surface area contributed by atoms with E-state index in [0.29, 0.717) is 18.4 Å². The molecule has 0 spiro atoms. The predicted molar refractivity (Wildman–Crippen MR) is 72.7 cm³/mol. The van der Waals surface area contributed by atoms with Crippen LogP contribution >= 0.6 is 0 Å². The molecule has 0 bridgehead atoms. The molecule has 0 fully saturated rings. The van der Waals surface area contributed by atoms with Crippen molar-refractivity contribution in [3.63, 3.8) is 0 Å². The van der Waals surface area contributed by atoms with E-state index in [4.69, 9.17) is 14.6 Å². The lowest BCUT2D eigenvalue weighted by Crippen LogP contribution is -2.12. The molecule has 0 saturated carbocycles. The van der Waals surface area contributed by atoms with Gasteiger partial charge < -0.3 is 14.6 Å². The van der Waals surface area contributed by atoms with Crippen LogP contribution in [0.25, 0.3) is 0 Å². The Balaban J connectivity index is 2.24. The molecule has 1 N–H and O–H groups in total. The Kier molecular flexibility index (Phi) is 6.76. The molecule has 0 heterocycles. The number of rotatable bonds is 8. The highest BCUT2D eigenvalue weighted by Crippen LogP contribution is 2.14. The monoisotopic (exact) mass is 252 g/mol. The van der Waals surface area contributed by atoms with Crippen LogP contribution in [0.5, 0.6) is 5.75 Å². The molecule has 0 amide bonds. The van der Waals surface area contributed by atoms with Gasteiger partial charge in [-0.3, -0.25) is 0 Å². The minimum atomic E-state index is 0.253. The van der Waals surface area contributed by atoms with E-state index >= 15 is 0 Å². The standard InChI is InChI=1S/C15H24O3/c1-12(9-16)8-13(2)10-18-11-14-4-6-15(17-3)7-5-14/h4-7,12-13,16H,8-11H2,1-3H3/t12-,13+/m0/s1. The largest absolute Gasteiger partial charge is 0.497 e. The van der Waals surface area contributed by atoms with Crippen molar-refractivity contribution >= 4 is 0 Å². The van der Waals surface area contributed by atoms with E-state index in [1.165, 1.54) is 0 Å². The van der Waals surface area contributed by atoms with E-state index in [0.717, 1.165) is 24.3 Å². The van der Waals surface area contributed by atoms with Gasteiger partial charge >= 0.3 is 0 Å². The molecule has 1 aromatic carbocycles. The summed E-state index contributed by atoms with van der Waals surface area (Å²) in [5.74, 6) is 1.69. The highest BCUT2D eigenvalue weighted by atomic mass is 16.5. The molecule has 18 heavy (non-hydrogen) atoms. The number of benzene rings is 1. The van der Waals surface area contributed by atoms with Gasteiger partial charge in [0.2, 0.25) is 0 Å². The van der Waals surface area contributed by atoms with E-state index in [-0.39, 0.29) is 6.61 Å². The zero-order valence-electron chi connectivity index (χ0n) is 11.6. The average molecular weight is 252 g/mol. The lowest BCUT2D eigenvalue weighted by atomic mass is 9.99. The fourth-order valence-corrected chi connectivity index (χ4v) is 1.93. The molecule has 1 aromatic rings. The third kappa shape index (κ3) is 5.52. The zero-order valence-corrected chi connectivity index (χ0v) is 11.6. The third-order valence-corrected chi connectivity index (χ3v) is 2.95. The molecule has 3 heteroatoms. The Morgan fingerprint density at radius 2 is 1.78 bits per heavy atom. The smallest absolute Gasteiger partial charge is 0.118 e. The Morgan fingerprint density at radius 1 is 1.11 bits per heavy atom. The summed E-state index contributed by atoms with van der Waals surface area (Å²) >= 11 is 0. The molecule has 0 unspecified atom stereocenters. The lowest BCUT2D eigenvalue weighted by molar-refractivity contribution is 0.0800. The van der Waals surface area contributed by atoms with Crippen LogP contribution in [0.1, 0.15) is 25.8 Å². The molecule has 3 nitrogen and oxygen atoms in total. The van der Waals surface area contributed by atoms with Crippen LogP contribution in [0, 0.1) is 11.8 Å². The first-order chi connectivity index (χ1) is 8.65.